The van der Waals surface area contributed by atoms with E-state index in [0.717, 1.165) is 13.0 Å². The maximum absolute atomic E-state index is 12.5. The largest absolute Gasteiger partial charge is 0.481 e. The highest BCUT2D eigenvalue weighted by Crippen LogP contribution is 2.25. The molecule has 5 heteroatoms. The van der Waals surface area contributed by atoms with Crippen LogP contribution in [0, 0.1) is 0 Å². The van der Waals surface area contributed by atoms with E-state index in [9.17, 15) is 9.59 Å². The fraction of sp³-hybridized carbons (Fsp3) is 0.846. The van der Waals surface area contributed by atoms with Crippen LogP contribution in [0.4, 0.5) is 0 Å². The maximum atomic E-state index is 12.5. The first kappa shape index (κ1) is 15.0. The molecule has 0 aliphatic carbocycles. The van der Waals surface area contributed by atoms with Crippen molar-refractivity contribution in [3.63, 3.8) is 0 Å². The van der Waals surface area contributed by atoms with Crippen molar-refractivity contribution < 1.29 is 14.7 Å². The molecule has 0 saturated carbocycles. The van der Waals surface area contributed by atoms with Gasteiger partial charge in [0.25, 0.3) is 0 Å². The van der Waals surface area contributed by atoms with Gasteiger partial charge >= 0.3 is 5.97 Å². The molecule has 1 fully saturated rings. The Labute approximate surface area is 109 Å². The first-order chi connectivity index (χ1) is 8.25. The van der Waals surface area contributed by atoms with Crippen LogP contribution >= 0.6 is 0 Å². The molecule has 104 valence electrons. The molecule has 1 saturated heterocycles. The van der Waals surface area contributed by atoms with E-state index in [1.54, 1.807) is 0 Å². The highest BCUT2D eigenvalue weighted by atomic mass is 16.4. The van der Waals surface area contributed by atoms with Gasteiger partial charge < -0.3 is 15.3 Å². The van der Waals surface area contributed by atoms with Gasteiger partial charge in [0.1, 0.15) is 0 Å². The van der Waals surface area contributed by atoms with Gasteiger partial charge in [-0.1, -0.05) is 0 Å². The summed E-state index contributed by atoms with van der Waals surface area (Å²) >= 11 is 0. The van der Waals surface area contributed by atoms with Crippen LogP contribution in [0.25, 0.3) is 0 Å². The van der Waals surface area contributed by atoms with E-state index < -0.39 is 5.97 Å². The summed E-state index contributed by atoms with van der Waals surface area (Å²) in [5.74, 6) is -0.835. The fourth-order valence-corrected chi connectivity index (χ4v) is 2.67. The van der Waals surface area contributed by atoms with Gasteiger partial charge in [-0.3, -0.25) is 9.59 Å². The number of hydrogen-bond donors (Lipinski definition) is 2. The van der Waals surface area contributed by atoms with Gasteiger partial charge in [0.2, 0.25) is 5.91 Å². The van der Waals surface area contributed by atoms with Crippen molar-refractivity contribution in [1.29, 1.82) is 0 Å². The lowest BCUT2D eigenvalue weighted by molar-refractivity contribution is -0.140. The summed E-state index contributed by atoms with van der Waals surface area (Å²) in [5, 5.41) is 11.9. The molecule has 0 spiro atoms. The molecule has 1 unspecified atom stereocenters. The molecule has 1 aliphatic heterocycles. The zero-order valence-electron chi connectivity index (χ0n) is 11.7. The van der Waals surface area contributed by atoms with E-state index in [2.05, 4.69) is 19.2 Å². The van der Waals surface area contributed by atoms with Crippen molar-refractivity contribution in [2.24, 2.45) is 0 Å². The number of rotatable bonds is 4. The Bertz CT molecular complexity index is 326. The van der Waals surface area contributed by atoms with E-state index in [4.69, 9.17) is 5.11 Å². The first-order valence-corrected chi connectivity index (χ1v) is 6.54. The highest BCUT2D eigenvalue weighted by Gasteiger charge is 2.38. The molecule has 1 aliphatic rings. The highest BCUT2D eigenvalue weighted by molar-refractivity contribution is 5.83. The van der Waals surface area contributed by atoms with Gasteiger partial charge in [-0.15, -0.1) is 0 Å². The second-order valence-electron chi connectivity index (χ2n) is 5.80. The summed E-state index contributed by atoms with van der Waals surface area (Å²) < 4.78 is 0. The lowest BCUT2D eigenvalue weighted by atomic mass is 9.96. The molecule has 1 heterocycles. The molecule has 2 N–H and O–H groups in total. The summed E-state index contributed by atoms with van der Waals surface area (Å²) in [6, 6.07) is -0.245. The number of carboxylic acids is 1. The second kappa shape index (κ2) is 5.69. The van der Waals surface area contributed by atoms with Gasteiger partial charge in [-0.05, 0) is 47.1 Å². The number of carbonyl (C=O) groups is 2. The molecule has 1 amide bonds. The third-order valence-corrected chi connectivity index (χ3v) is 3.48. The van der Waals surface area contributed by atoms with Crippen molar-refractivity contribution in [2.45, 2.75) is 64.6 Å². The van der Waals surface area contributed by atoms with Crippen molar-refractivity contribution in [2.75, 3.05) is 6.54 Å². The average molecular weight is 256 g/mol. The van der Waals surface area contributed by atoms with Crippen molar-refractivity contribution in [3.8, 4) is 0 Å². The van der Waals surface area contributed by atoms with E-state index in [1.165, 1.54) is 0 Å². The maximum Gasteiger partial charge on any atom is 0.303 e. The summed E-state index contributed by atoms with van der Waals surface area (Å²) in [6.07, 6.45) is 1.25. The third-order valence-electron chi connectivity index (χ3n) is 3.48. The monoisotopic (exact) mass is 256 g/mol. The number of aliphatic carboxylic acids is 1. The fourth-order valence-electron chi connectivity index (χ4n) is 2.67. The third kappa shape index (κ3) is 3.45. The minimum Gasteiger partial charge on any atom is -0.481 e. The van der Waals surface area contributed by atoms with Gasteiger partial charge in [0.05, 0.1) is 6.04 Å². The van der Waals surface area contributed by atoms with Crippen LogP contribution < -0.4 is 5.32 Å². The zero-order valence-corrected chi connectivity index (χ0v) is 11.7. The van der Waals surface area contributed by atoms with E-state index in [1.807, 2.05) is 18.7 Å². The number of amides is 1. The molecule has 0 radical (unpaired) electrons. The number of hydrogen-bond acceptors (Lipinski definition) is 3. The Morgan fingerprint density at radius 3 is 2.67 bits per heavy atom. The Morgan fingerprint density at radius 2 is 2.17 bits per heavy atom. The summed E-state index contributed by atoms with van der Waals surface area (Å²) in [5.41, 5.74) is -0.184. The SMILES string of the molecule is CC(C)N1C(=O)C(CCC(=O)O)NCCC1(C)C. The summed E-state index contributed by atoms with van der Waals surface area (Å²) in [7, 11) is 0. The Hall–Kier alpha value is -1.10. The zero-order chi connectivity index (χ0) is 13.9. The van der Waals surface area contributed by atoms with Crippen molar-refractivity contribution in [3.05, 3.63) is 0 Å². The predicted octanol–water partition coefficient (Wildman–Crippen LogP) is 1.23. The van der Waals surface area contributed by atoms with E-state index in [0.29, 0.717) is 6.42 Å². The van der Waals surface area contributed by atoms with Crippen molar-refractivity contribution >= 4 is 11.9 Å². The standard InChI is InChI=1S/C13H24N2O3/c1-9(2)15-12(18)10(5-6-11(16)17)14-8-7-13(15,3)4/h9-10,14H,5-8H2,1-4H3,(H,16,17). The summed E-state index contributed by atoms with van der Waals surface area (Å²) in [6.45, 7) is 8.86. The Balaban J connectivity index is 2.84. The minimum absolute atomic E-state index is 0.0220. The molecule has 5 nitrogen and oxygen atoms in total. The van der Waals surface area contributed by atoms with Crippen LogP contribution in [-0.2, 0) is 9.59 Å². The second-order valence-corrected chi connectivity index (χ2v) is 5.80. The number of nitrogens with zero attached hydrogens (tertiary/aromatic N) is 1. The Morgan fingerprint density at radius 1 is 1.56 bits per heavy atom. The average Bonchev–Trinajstić information content (AvgIpc) is 2.31. The molecular formula is C13H24N2O3. The molecule has 0 aromatic rings. The lowest BCUT2D eigenvalue weighted by Gasteiger charge is -2.41. The molecule has 1 atom stereocenters. The molecule has 1 rings (SSSR count). The van der Waals surface area contributed by atoms with Gasteiger partial charge in [-0.25, -0.2) is 0 Å². The first-order valence-electron chi connectivity index (χ1n) is 6.54. The molecular weight excluding hydrogens is 232 g/mol. The van der Waals surface area contributed by atoms with Crippen LogP contribution in [0.15, 0.2) is 0 Å². The summed E-state index contributed by atoms with van der Waals surface area (Å²) in [4.78, 5) is 25.0. The topological polar surface area (TPSA) is 69.6 Å². The van der Waals surface area contributed by atoms with Gasteiger partial charge in [0, 0.05) is 18.0 Å². The normalized spacial score (nSPS) is 24.2. The van der Waals surface area contributed by atoms with E-state index >= 15 is 0 Å². The molecule has 0 aromatic carbocycles. The molecule has 18 heavy (non-hydrogen) atoms. The minimum atomic E-state index is -0.857. The van der Waals surface area contributed by atoms with E-state index in [-0.39, 0.29) is 30.0 Å². The van der Waals surface area contributed by atoms with Crippen LogP contribution in [-0.4, -0.2) is 46.1 Å². The Kier molecular flexibility index (Phi) is 4.73. The van der Waals surface area contributed by atoms with Gasteiger partial charge in [-0.2, -0.15) is 0 Å². The molecule has 0 aromatic heterocycles. The van der Waals surface area contributed by atoms with Crippen LogP contribution in [0.1, 0.15) is 47.0 Å². The number of nitrogens with one attached hydrogen (secondary N) is 1. The number of carboxylic acid groups (broad SMARTS) is 1. The van der Waals surface area contributed by atoms with Crippen LogP contribution in [0.2, 0.25) is 0 Å². The van der Waals surface area contributed by atoms with Crippen LogP contribution in [0.5, 0.6) is 0 Å². The lowest BCUT2D eigenvalue weighted by Crippen LogP contribution is -2.54. The predicted molar refractivity (Wildman–Crippen MR) is 69.3 cm³/mol. The quantitative estimate of drug-likeness (QED) is 0.793. The molecule has 0 bridgehead atoms. The van der Waals surface area contributed by atoms with Crippen LogP contribution in [0.3, 0.4) is 0 Å². The van der Waals surface area contributed by atoms with Crippen molar-refractivity contribution in [1.82, 2.24) is 10.2 Å². The smallest absolute Gasteiger partial charge is 0.303 e. The number of carbonyl (C=O) groups excluding carboxylic acids is 1. The van der Waals surface area contributed by atoms with Gasteiger partial charge in [0.15, 0.2) is 0 Å².